The molecule has 86 heavy (non-hydrogen) atoms. The molecule has 0 bridgehead atoms. The summed E-state index contributed by atoms with van der Waals surface area (Å²) >= 11 is 0. The average Bonchev–Trinajstić information content (AvgIpc) is 4.24. The van der Waals surface area contributed by atoms with Crippen LogP contribution in [-0.2, 0) is 109 Å². The van der Waals surface area contributed by atoms with Crippen LogP contribution in [0.15, 0.2) is 376 Å². The Kier molecular flexibility index (Phi) is 170. The van der Waals surface area contributed by atoms with Gasteiger partial charge in [-0.05, 0) is 0 Å². The summed E-state index contributed by atoms with van der Waals surface area (Å²) in [4.78, 5) is 0. The molecule has 0 aliphatic heterocycles. The van der Waals surface area contributed by atoms with Crippen molar-refractivity contribution >= 4 is 236 Å². The van der Waals surface area contributed by atoms with Gasteiger partial charge in [-0.3, -0.25) is 0 Å². The predicted molar refractivity (Wildman–Crippen MR) is 382 cm³/mol. The normalized spacial score (nSPS) is 7.16. The molecule has 0 spiro atoms. The first-order valence-electron chi connectivity index (χ1n) is 24.4. The van der Waals surface area contributed by atoms with Gasteiger partial charge in [0.05, 0.1) is 0 Å². The van der Waals surface area contributed by atoms with E-state index in [2.05, 4.69) is 52.4 Å². The van der Waals surface area contributed by atoms with E-state index >= 15 is 0 Å². The van der Waals surface area contributed by atoms with Gasteiger partial charge in [0, 0.05) is 328 Å². The molecule has 0 saturated heterocycles. The number of benzene rings is 2. The van der Waals surface area contributed by atoms with Crippen molar-refractivity contribution in [3.05, 3.63) is 389 Å². The summed E-state index contributed by atoms with van der Waals surface area (Å²) < 4.78 is 0. The molecular formula is C70H84Sb9Si2Ti5-12. The fraction of sp³-hybridized carbons (Fsp3) is 0.0857. The third-order valence-corrected chi connectivity index (χ3v) is 6.89. The average molecular weight is 2320 g/mol. The molecule has 0 unspecified atom stereocenters. The molecule has 449 valence electrons. The Labute approximate surface area is 759 Å². The summed E-state index contributed by atoms with van der Waals surface area (Å²) in [6.45, 7) is 21.1. The molecule has 0 nitrogen and oxygen atoms in total. The Morgan fingerprint density at radius 3 is 0.221 bits per heavy atom. The van der Waals surface area contributed by atoms with Gasteiger partial charge in [0.1, 0.15) is 0 Å². The topological polar surface area (TPSA) is 0 Å². The van der Waals surface area contributed by atoms with Gasteiger partial charge in [0.2, 0.25) is 0 Å². The van der Waals surface area contributed by atoms with E-state index in [1.54, 1.807) is 0 Å². The maximum atomic E-state index is 3.91. The van der Waals surface area contributed by atoms with Gasteiger partial charge >= 0.3 is 0 Å². The second-order valence-corrected chi connectivity index (χ2v) is 27.3. The largest absolute Gasteiger partial charge is 0.342 e. The van der Waals surface area contributed by atoms with Crippen LogP contribution in [-0.4, -0.2) is 236 Å². The molecule has 12 rings (SSSR count). The molecular weight excluding hydrogens is 2230 g/mol. The molecule has 0 amide bonds. The van der Waals surface area contributed by atoms with E-state index in [1.807, 2.05) is 376 Å². The fourth-order valence-electron chi connectivity index (χ4n) is 3.98. The van der Waals surface area contributed by atoms with Crippen LogP contribution in [0.1, 0.15) is 0 Å². The maximum Gasteiger partial charge on any atom is 0 e. The van der Waals surface area contributed by atoms with Gasteiger partial charge in [-0.1, -0.05) is 112 Å². The molecule has 12 aromatic rings. The van der Waals surface area contributed by atoms with Gasteiger partial charge in [0.15, 0.2) is 0 Å². The fourth-order valence-corrected chi connectivity index (χ4v) is 3.98. The van der Waals surface area contributed by atoms with Crippen LogP contribution in [0.4, 0.5) is 0 Å². The van der Waals surface area contributed by atoms with Crippen LogP contribution in [0.5, 0.6) is 0 Å². The molecule has 0 aliphatic rings. The summed E-state index contributed by atoms with van der Waals surface area (Å²) in [6.07, 6.45) is 0. The standard InChI is InChI=1S/2C6H6.10C5H5.2C4H11Si.9Sb.5Ti/c2*1-2-4-6-5-3-1;10*1-2-4-5-3-1;2*1-5(2,3)4;;;;;;;;;;;;;;/h2*1-6H;10*1-5H;2*1H2,2-4H3;;;;;;;;;;;;;;/q;;12*-1;;;;;;;;;;;;;;. The number of hydrogen-bond donors (Lipinski definition) is 0. The first-order valence-corrected chi connectivity index (χ1v) is 31.8. The van der Waals surface area contributed by atoms with Gasteiger partial charge in [-0.2, -0.15) is 182 Å². The maximum absolute atomic E-state index is 3.91. The van der Waals surface area contributed by atoms with Gasteiger partial charge in [-0.15, -0.1) is 16.1 Å². The van der Waals surface area contributed by atoms with Crippen LogP contribution in [0.3, 0.4) is 0 Å². The SMILES string of the molecule is [CH2-][Si](C)(C)C.[CH2-][Si](C)(C)C.[Sb].[Sb].[Sb].[Sb].[Sb].[Sb].[Sb].[Sb].[Sb].[Ti].[Ti].[Ti].[Ti].[Ti].c1cc[cH-]c1.c1cc[cH-]c1.c1cc[cH-]c1.c1cc[cH-]c1.c1cc[cH-]c1.c1cc[cH-]c1.c1cc[cH-]c1.c1cc[cH-]c1.c1cc[cH-]c1.c1cc[cH-]c1.c1ccccc1.c1ccccc1. The summed E-state index contributed by atoms with van der Waals surface area (Å²) in [7, 11) is -1.72. The van der Waals surface area contributed by atoms with Gasteiger partial charge in [-0.25, -0.2) is 121 Å². The molecule has 16 heteroatoms. The van der Waals surface area contributed by atoms with Crippen molar-refractivity contribution in [3.63, 3.8) is 0 Å². The molecule has 27 radical (unpaired) electrons. The van der Waals surface area contributed by atoms with Gasteiger partial charge < -0.3 is 13.1 Å². The molecule has 0 aliphatic carbocycles. The molecule has 0 saturated carbocycles. The summed E-state index contributed by atoms with van der Waals surface area (Å²) in [5, 5.41) is 0. The van der Waals surface area contributed by atoms with E-state index in [9.17, 15) is 0 Å². The monoisotopic (exact) mass is 2310 g/mol. The third kappa shape index (κ3) is 152. The quantitative estimate of drug-likeness (QED) is 0.105. The molecule has 0 heterocycles. The molecule has 0 fully saturated rings. The zero-order valence-electron chi connectivity index (χ0n) is 50.7. The van der Waals surface area contributed by atoms with E-state index in [4.69, 9.17) is 0 Å². The Morgan fingerprint density at radius 2 is 0.198 bits per heavy atom. The first kappa shape index (κ1) is 130. The van der Waals surface area contributed by atoms with Crippen molar-refractivity contribution in [2.75, 3.05) is 0 Å². The third-order valence-electron chi connectivity index (χ3n) is 6.89. The van der Waals surface area contributed by atoms with E-state index in [0.29, 0.717) is 0 Å². The summed E-state index contributed by atoms with van der Waals surface area (Å²) in [6, 6.07) is 124. The van der Waals surface area contributed by atoms with Crippen LogP contribution in [0.2, 0.25) is 39.3 Å². The van der Waals surface area contributed by atoms with Crippen LogP contribution in [0, 0.1) is 13.1 Å². The summed E-state index contributed by atoms with van der Waals surface area (Å²) in [5.41, 5.74) is 0. The molecule has 0 N–H and O–H groups in total. The molecule has 12 aromatic carbocycles. The van der Waals surface area contributed by atoms with E-state index in [-0.39, 0.29) is 328 Å². The second-order valence-electron chi connectivity index (χ2n) is 17.1. The van der Waals surface area contributed by atoms with Crippen molar-refractivity contribution in [2.24, 2.45) is 0 Å². The number of rotatable bonds is 0. The minimum absolute atomic E-state index is 0. The van der Waals surface area contributed by atoms with E-state index in [0.717, 1.165) is 0 Å². The summed E-state index contributed by atoms with van der Waals surface area (Å²) in [5.74, 6) is 0. The minimum atomic E-state index is -0.861. The van der Waals surface area contributed by atoms with E-state index in [1.165, 1.54) is 0 Å². The second kappa shape index (κ2) is 113. The van der Waals surface area contributed by atoms with Crippen molar-refractivity contribution in [2.45, 2.75) is 39.3 Å². The molecule has 0 atom stereocenters. The van der Waals surface area contributed by atoms with Gasteiger partial charge in [0.25, 0.3) is 0 Å². The Hall–Kier alpha value is 3.31. The minimum Gasteiger partial charge on any atom is -0.342 e. The Balaban J connectivity index is -0.0000000433. The Bertz CT molecular complexity index is 1660. The Morgan fingerprint density at radius 1 is 0.151 bits per heavy atom. The van der Waals surface area contributed by atoms with Crippen molar-refractivity contribution < 1.29 is 109 Å². The van der Waals surface area contributed by atoms with E-state index < -0.39 is 16.1 Å². The predicted octanol–water partition coefficient (Wildman–Crippen LogP) is 17.4. The first-order chi connectivity index (χ1) is 35.0. The number of hydrogen-bond acceptors (Lipinski definition) is 0. The van der Waals surface area contributed by atoms with Crippen molar-refractivity contribution in [1.82, 2.24) is 0 Å². The van der Waals surface area contributed by atoms with Crippen molar-refractivity contribution in [3.8, 4) is 0 Å². The molecule has 0 aromatic heterocycles. The van der Waals surface area contributed by atoms with Crippen molar-refractivity contribution in [1.29, 1.82) is 0 Å². The zero-order valence-corrected chi connectivity index (χ0v) is 83.5. The van der Waals surface area contributed by atoms with Crippen LogP contribution < -0.4 is 0 Å². The smallest absolute Gasteiger partial charge is 0 e. The zero-order chi connectivity index (χ0) is 52.8. The van der Waals surface area contributed by atoms with Crippen LogP contribution in [0.25, 0.3) is 0 Å². The van der Waals surface area contributed by atoms with Crippen LogP contribution >= 0.6 is 0 Å².